The summed E-state index contributed by atoms with van der Waals surface area (Å²) in [6.07, 6.45) is 3.84. The Kier molecular flexibility index (Phi) is 8.31. The fourth-order valence-corrected chi connectivity index (χ4v) is 5.18. The lowest BCUT2D eigenvalue weighted by atomic mass is 9.84. The van der Waals surface area contributed by atoms with Gasteiger partial charge >= 0.3 is 0 Å². The molecule has 0 radical (unpaired) electrons. The van der Waals surface area contributed by atoms with Gasteiger partial charge in [0, 0.05) is 31.3 Å². The van der Waals surface area contributed by atoms with E-state index in [-0.39, 0.29) is 23.7 Å². The number of furan rings is 1. The van der Waals surface area contributed by atoms with E-state index in [9.17, 15) is 9.18 Å². The molecule has 2 heterocycles. The Morgan fingerprint density at radius 2 is 1.86 bits per heavy atom. The van der Waals surface area contributed by atoms with Gasteiger partial charge in [-0.25, -0.2) is 4.39 Å². The maximum Gasteiger partial charge on any atom is 0.257 e. The van der Waals surface area contributed by atoms with Gasteiger partial charge in [-0.05, 0) is 69.0 Å². The Balaban J connectivity index is 1.49. The van der Waals surface area contributed by atoms with Gasteiger partial charge in [0.2, 0.25) is 0 Å². The third kappa shape index (κ3) is 5.73. The van der Waals surface area contributed by atoms with Crippen LogP contribution in [0.15, 0.2) is 59.2 Å². The summed E-state index contributed by atoms with van der Waals surface area (Å²) < 4.78 is 30.9. The number of piperidine rings is 1. The topological polar surface area (TPSA) is 55.2 Å². The minimum absolute atomic E-state index is 0.0898. The predicted molar refractivity (Wildman–Crippen MR) is 137 cm³/mol. The minimum Gasteiger partial charge on any atom is -0.497 e. The number of rotatable bonds is 9. The van der Waals surface area contributed by atoms with Crippen LogP contribution in [0.25, 0.3) is 0 Å². The third-order valence-corrected chi connectivity index (χ3v) is 7.36. The van der Waals surface area contributed by atoms with Crippen LogP contribution in [0.3, 0.4) is 0 Å². The molecule has 1 saturated heterocycles. The summed E-state index contributed by atoms with van der Waals surface area (Å²) in [5.41, 5.74) is 2.30. The van der Waals surface area contributed by atoms with Crippen LogP contribution in [0.1, 0.15) is 40.1 Å². The highest BCUT2D eigenvalue weighted by Gasteiger charge is 2.33. The highest BCUT2D eigenvalue weighted by atomic mass is 19.1. The number of amides is 1. The van der Waals surface area contributed by atoms with Crippen molar-refractivity contribution in [3.05, 3.63) is 83.1 Å². The van der Waals surface area contributed by atoms with Crippen molar-refractivity contribution in [1.29, 1.82) is 0 Å². The Hall–Kier alpha value is -3.32. The molecule has 0 saturated carbocycles. The van der Waals surface area contributed by atoms with Crippen LogP contribution in [0, 0.1) is 18.7 Å². The van der Waals surface area contributed by atoms with E-state index in [1.807, 2.05) is 37.4 Å². The Bertz CT molecular complexity index is 1170. The van der Waals surface area contributed by atoms with E-state index in [1.165, 1.54) is 12.3 Å². The van der Waals surface area contributed by atoms with E-state index in [0.717, 1.165) is 49.5 Å². The van der Waals surface area contributed by atoms with Crippen LogP contribution in [-0.2, 0) is 13.0 Å². The molecule has 0 spiro atoms. The smallest absolute Gasteiger partial charge is 0.257 e. The summed E-state index contributed by atoms with van der Waals surface area (Å²) >= 11 is 0. The van der Waals surface area contributed by atoms with Crippen molar-refractivity contribution in [2.45, 2.75) is 38.8 Å². The second-order valence-corrected chi connectivity index (χ2v) is 9.46. The molecule has 0 N–H and O–H groups in total. The predicted octanol–water partition coefficient (Wildman–Crippen LogP) is 5.34. The van der Waals surface area contributed by atoms with Crippen molar-refractivity contribution >= 4 is 5.91 Å². The second kappa shape index (κ2) is 11.6. The monoisotopic (exact) mass is 494 g/mol. The van der Waals surface area contributed by atoms with Gasteiger partial charge in [0.05, 0.1) is 26.0 Å². The number of nitrogens with zero attached hydrogens (tertiary/aromatic N) is 2. The van der Waals surface area contributed by atoms with Crippen molar-refractivity contribution in [3.8, 4) is 11.5 Å². The number of likely N-dealkylation sites (tertiary alicyclic amines) is 1. The van der Waals surface area contributed by atoms with Crippen LogP contribution in [0.2, 0.25) is 0 Å². The van der Waals surface area contributed by atoms with Crippen molar-refractivity contribution in [2.24, 2.45) is 5.92 Å². The molecule has 1 amide bonds. The van der Waals surface area contributed by atoms with E-state index in [1.54, 1.807) is 38.2 Å². The van der Waals surface area contributed by atoms with Gasteiger partial charge in [-0.1, -0.05) is 24.3 Å². The summed E-state index contributed by atoms with van der Waals surface area (Å²) in [4.78, 5) is 17.5. The number of carbonyl (C=O) groups is 1. The molecule has 1 fully saturated rings. The molecule has 3 aromatic rings. The summed E-state index contributed by atoms with van der Waals surface area (Å²) in [5, 5.41) is 0. The molecule has 0 aliphatic carbocycles. The summed E-state index contributed by atoms with van der Waals surface area (Å²) in [6.45, 7) is 4.35. The van der Waals surface area contributed by atoms with Crippen LogP contribution in [0.4, 0.5) is 4.39 Å². The van der Waals surface area contributed by atoms with E-state index in [4.69, 9.17) is 13.9 Å². The molecule has 1 aliphatic heterocycles. The van der Waals surface area contributed by atoms with E-state index in [0.29, 0.717) is 23.3 Å². The first-order valence-corrected chi connectivity index (χ1v) is 12.4. The lowest BCUT2D eigenvalue weighted by molar-refractivity contribution is 0.0581. The molecule has 0 bridgehead atoms. The number of likely N-dealkylation sites (N-methyl/N-ethyl adjacent to an activating group) is 1. The van der Waals surface area contributed by atoms with Gasteiger partial charge < -0.3 is 18.8 Å². The number of carbonyl (C=O) groups excluding carboxylic acids is 1. The van der Waals surface area contributed by atoms with Crippen molar-refractivity contribution < 1.29 is 23.1 Å². The highest BCUT2D eigenvalue weighted by molar-refractivity contribution is 5.95. The molecule has 0 unspecified atom stereocenters. The molecule has 4 rings (SSSR count). The van der Waals surface area contributed by atoms with Crippen LogP contribution in [-0.4, -0.2) is 56.1 Å². The minimum atomic E-state index is -0.230. The van der Waals surface area contributed by atoms with Crippen molar-refractivity contribution in [1.82, 2.24) is 9.80 Å². The van der Waals surface area contributed by atoms with Crippen LogP contribution in [0.5, 0.6) is 11.5 Å². The molecule has 36 heavy (non-hydrogen) atoms. The first-order chi connectivity index (χ1) is 17.4. The lowest BCUT2D eigenvalue weighted by Gasteiger charge is -2.40. The van der Waals surface area contributed by atoms with Gasteiger partial charge in [0.1, 0.15) is 23.1 Å². The average Bonchev–Trinajstić information content (AvgIpc) is 3.34. The number of hydrogen-bond donors (Lipinski definition) is 0. The number of hydrogen-bond acceptors (Lipinski definition) is 5. The lowest BCUT2D eigenvalue weighted by Crippen LogP contribution is -2.47. The number of halogens is 1. The number of methoxy groups -OCH3 is 2. The van der Waals surface area contributed by atoms with E-state index >= 15 is 0 Å². The molecule has 192 valence electrons. The molecule has 7 heteroatoms. The fourth-order valence-electron chi connectivity index (χ4n) is 5.18. The zero-order valence-corrected chi connectivity index (χ0v) is 21.5. The summed E-state index contributed by atoms with van der Waals surface area (Å²) in [6, 6.07) is 14.3. The van der Waals surface area contributed by atoms with Gasteiger partial charge in [0.15, 0.2) is 0 Å². The maximum absolute atomic E-state index is 14.6. The summed E-state index contributed by atoms with van der Waals surface area (Å²) in [5.74, 6) is 2.11. The fraction of sp³-hybridized carbons (Fsp3) is 0.414. The second-order valence-electron chi connectivity index (χ2n) is 9.46. The molecular formula is C29H35FN2O4. The van der Waals surface area contributed by atoms with E-state index < -0.39 is 0 Å². The number of ether oxygens (including phenoxy) is 2. The van der Waals surface area contributed by atoms with Crippen LogP contribution < -0.4 is 9.47 Å². The Morgan fingerprint density at radius 3 is 2.50 bits per heavy atom. The van der Waals surface area contributed by atoms with Gasteiger partial charge in [-0.3, -0.25) is 9.69 Å². The normalized spacial score (nSPS) is 15.5. The van der Waals surface area contributed by atoms with Gasteiger partial charge in [-0.15, -0.1) is 0 Å². The molecule has 1 aliphatic rings. The zero-order valence-electron chi connectivity index (χ0n) is 21.5. The highest BCUT2D eigenvalue weighted by Crippen LogP contribution is 2.31. The van der Waals surface area contributed by atoms with E-state index in [2.05, 4.69) is 4.90 Å². The van der Waals surface area contributed by atoms with Gasteiger partial charge in [-0.2, -0.15) is 0 Å². The first-order valence-electron chi connectivity index (χ1n) is 12.4. The van der Waals surface area contributed by atoms with Crippen molar-refractivity contribution in [3.63, 3.8) is 0 Å². The largest absolute Gasteiger partial charge is 0.497 e. The molecule has 1 atom stereocenters. The third-order valence-electron chi connectivity index (χ3n) is 7.36. The van der Waals surface area contributed by atoms with Crippen molar-refractivity contribution in [2.75, 3.05) is 34.4 Å². The Morgan fingerprint density at radius 1 is 1.11 bits per heavy atom. The average molecular weight is 495 g/mol. The Labute approximate surface area is 212 Å². The molecule has 6 nitrogen and oxygen atoms in total. The number of aryl methyl sites for hydroxylation is 1. The maximum atomic E-state index is 14.6. The van der Waals surface area contributed by atoms with Crippen LogP contribution >= 0.6 is 0 Å². The first kappa shape index (κ1) is 25.8. The number of benzene rings is 2. The molecule has 2 aromatic carbocycles. The SMILES string of the molecule is COc1ccc(CN2CCC([C@H](Cc3ccccc3F)N(C)C(=O)c3ccoc3C)CC2)c(OC)c1. The zero-order chi connectivity index (χ0) is 25.7. The molecule has 1 aromatic heterocycles. The van der Waals surface area contributed by atoms with Gasteiger partial charge in [0.25, 0.3) is 5.91 Å². The quantitative estimate of drug-likeness (QED) is 0.402. The molecular weight excluding hydrogens is 459 g/mol. The standard InChI is InChI=1S/C29H35FN2O4/c1-20-25(13-16-36-20)29(33)31(2)27(17-22-7-5-6-8-26(22)30)21-11-14-32(15-12-21)19-23-9-10-24(34-3)18-28(23)35-4/h5-10,13,16,18,21,27H,11-12,14-15,17,19H2,1-4H3/t27-/m0/s1. The summed E-state index contributed by atoms with van der Waals surface area (Å²) in [7, 11) is 5.15.